The summed E-state index contributed by atoms with van der Waals surface area (Å²) in [5.41, 5.74) is 4.11. The molecule has 0 heterocycles. The molecule has 246 valence electrons. The highest BCUT2D eigenvalue weighted by molar-refractivity contribution is 5.96. The predicted molar refractivity (Wildman–Crippen MR) is 186 cm³/mol. The minimum Gasteiger partial charge on any atom is -0.459 e. The van der Waals surface area contributed by atoms with Gasteiger partial charge >= 0.3 is 18.0 Å². The first-order valence-electron chi connectivity index (χ1n) is 16.0. The van der Waals surface area contributed by atoms with Crippen LogP contribution in [0.15, 0.2) is 127 Å². The van der Waals surface area contributed by atoms with Gasteiger partial charge in [-0.05, 0) is 44.5 Å². The first-order valence-corrected chi connectivity index (χ1v) is 16.0. The van der Waals surface area contributed by atoms with Crippen molar-refractivity contribution in [1.29, 1.82) is 0 Å². The lowest BCUT2D eigenvalue weighted by Crippen LogP contribution is -2.49. The number of nitrogens with zero attached hydrogens (tertiary/aromatic N) is 1. The Hall–Kier alpha value is -5.47. The van der Waals surface area contributed by atoms with E-state index in [1.165, 1.54) is 4.90 Å². The molecule has 0 saturated heterocycles. The number of hydrogen-bond donors (Lipinski definition) is 2. The van der Waals surface area contributed by atoms with Gasteiger partial charge in [0.05, 0.1) is 6.54 Å². The number of esters is 2. The second kappa shape index (κ2) is 16.4. The van der Waals surface area contributed by atoms with Crippen LogP contribution in [-0.4, -0.2) is 47.2 Å². The zero-order valence-electron chi connectivity index (χ0n) is 27.1. The maximum atomic E-state index is 13.8. The van der Waals surface area contributed by atoms with Crippen LogP contribution in [0.5, 0.6) is 0 Å². The number of fused-ring (bicyclic) bond motifs is 1. The summed E-state index contributed by atoms with van der Waals surface area (Å²) in [7, 11) is 0. The van der Waals surface area contributed by atoms with Crippen LogP contribution in [-0.2, 0) is 32.3 Å². The third kappa shape index (κ3) is 9.08. The number of nitrogens with one attached hydrogen (secondary N) is 1. The molecule has 0 fully saturated rings. The van der Waals surface area contributed by atoms with E-state index in [0.717, 1.165) is 33.0 Å². The van der Waals surface area contributed by atoms with Crippen molar-refractivity contribution in [3.8, 4) is 11.1 Å². The van der Waals surface area contributed by atoms with Gasteiger partial charge < -0.3 is 24.8 Å². The van der Waals surface area contributed by atoms with Gasteiger partial charge in [0.1, 0.15) is 13.2 Å². The van der Waals surface area contributed by atoms with Crippen LogP contribution in [0.1, 0.15) is 36.6 Å². The van der Waals surface area contributed by atoms with Crippen LogP contribution in [0.3, 0.4) is 0 Å². The lowest BCUT2D eigenvalue weighted by molar-refractivity contribution is -0.155. The van der Waals surface area contributed by atoms with Gasteiger partial charge in [-0.25, -0.2) is 14.4 Å². The molecule has 0 aliphatic rings. The Labute approximate surface area is 280 Å². The Bertz CT molecular complexity index is 1800. The van der Waals surface area contributed by atoms with E-state index in [2.05, 4.69) is 23.5 Å². The van der Waals surface area contributed by atoms with Crippen LogP contribution in [0.4, 0.5) is 4.79 Å². The number of ether oxygens (including phenoxy) is 2. The van der Waals surface area contributed by atoms with Crippen LogP contribution in [0, 0.1) is 5.92 Å². The zero-order chi connectivity index (χ0) is 33.9. The van der Waals surface area contributed by atoms with Crippen molar-refractivity contribution in [2.75, 3.05) is 13.1 Å². The fourth-order valence-electron chi connectivity index (χ4n) is 5.43. The molecule has 0 aromatic heterocycles. The lowest BCUT2D eigenvalue weighted by Gasteiger charge is -2.28. The molecule has 2 atom stereocenters. The molecule has 1 unspecified atom stereocenters. The van der Waals surface area contributed by atoms with Crippen molar-refractivity contribution in [3.63, 3.8) is 0 Å². The van der Waals surface area contributed by atoms with Crippen LogP contribution in [0.25, 0.3) is 21.9 Å². The maximum absolute atomic E-state index is 13.8. The minimum absolute atomic E-state index is 0.00277. The van der Waals surface area contributed by atoms with Crippen molar-refractivity contribution < 1.29 is 29.0 Å². The molecule has 8 heteroatoms. The molecule has 5 aromatic carbocycles. The molecule has 2 amide bonds. The van der Waals surface area contributed by atoms with Crippen molar-refractivity contribution in [2.24, 2.45) is 5.92 Å². The SMILES string of the molecule is CC(C)CN(CC(O)C(=O)OCc1ccccc1)C(=O)N[C@H](C(=O)OCc1ccccc1)c1ccc(-c2cccc3ccccc23)cc1. The molecular formula is C40H40N2O6. The quantitative estimate of drug-likeness (QED) is 0.133. The molecule has 5 rings (SSSR count). The van der Waals surface area contributed by atoms with Crippen molar-refractivity contribution >= 4 is 28.7 Å². The zero-order valence-corrected chi connectivity index (χ0v) is 27.1. The van der Waals surface area contributed by atoms with Gasteiger partial charge in [-0.3, -0.25) is 0 Å². The van der Waals surface area contributed by atoms with Gasteiger partial charge in [-0.2, -0.15) is 0 Å². The third-order valence-corrected chi connectivity index (χ3v) is 7.83. The number of amides is 2. The number of rotatable bonds is 13. The molecule has 0 aliphatic carbocycles. The van der Waals surface area contributed by atoms with E-state index < -0.39 is 30.1 Å². The first-order chi connectivity index (χ1) is 23.3. The van der Waals surface area contributed by atoms with Crippen molar-refractivity contribution in [3.05, 3.63) is 144 Å². The van der Waals surface area contributed by atoms with E-state index >= 15 is 0 Å². The highest BCUT2D eigenvalue weighted by Crippen LogP contribution is 2.30. The number of aliphatic hydroxyl groups excluding tert-OH is 1. The number of urea groups is 1. The van der Waals surface area contributed by atoms with Crippen LogP contribution in [0.2, 0.25) is 0 Å². The molecule has 2 N–H and O–H groups in total. The molecule has 0 bridgehead atoms. The van der Waals surface area contributed by atoms with E-state index in [9.17, 15) is 19.5 Å². The summed E-state index contributed by atoms with van der Waals surface area (Å²) in [6.45, 7) is 3.76. The summed E-state index contributed by atoms with van der Waals surface area (Å²) in [5.74, 6) is -1.48. The fourth-order valence-corrected chi connectivity index (χ4v) is 5.43. The highest BCUT2D eigenvalue weighted by Gasteiger charge is 2.30. The second-order valence-corrected chi connectivity index (χ2v) is 12.0. The van der Waals surface area contributed by atoms with Crippen molar-refractivity contribution in [1.82, 2.24) is 10.2 Å². The molecular weight excluding hydrogens is 604 g/mol. The van der Waals surface area contributed by atoms with Gasteiger partial charge in [0.2, 0.25) is 0 Å². The number of hydrogen-bond acceptors (Lipinski definition) is 6. The molecule has 0 saturated carbocycles. The molecule has 0 spiro atoms. The largest absolute Gasteiger partial charge is 0.459 e. The summed E-state index contributed by atoms with van der Waals surface area (Å²) in [5, 5.41) is 15.8. The summed E-state index contributed by atoms with van der Waals surface area (Å²) in [6.07, 6.45) is -1.58. The van der Waals surface area contributed by atoms with E-state index in [-0.39, 0.29) is 32.2 Å². The fraction of sp³-hybridized carbons (Fsp3) is 0.225. The molecule has 8 nitrogen and oxygen atoms in total. The Morgan fingerprint density at radius 1 is 0.667 bits per heavy atom. The smallest absolute Gasteiger partial charge is 0.337 e. The summed E-state index contributed by atoms with van der Waals surface area (Å²) >= 11 is 0. The Morgan fingerprint density at radius 2 is 1.23 bits per heavy atom. The molecule has 5 aromatic rings. The normalized spacial score (nSPS) is 12.2. The minimum atomic E-state index is -1.58. The van der Waals surface area contributed by atoms with Gasteiger partial charge in [0, 0.05) is 6.54 Å². The van der Waals surface area contributed by atoms with Crippen LogP contribution >= 0.6 is 0 Å². The van der Waals surface area contributed by atoms with E-state index in [4.69, 9.17) is 9.47 Å². The number of benzene rings is 5. The van der Waals surface area contributed by atoms with Crippen molar-refractivity contribution in [2.45, 2.75) is 39.2 Å². The van der Waals surface area contributed by atoms with Crippen LogP contribution < -0.4 is 5.32 Å². The standard InChI is InChI=1S/C40H40N2O6/c1-28(2)24-42(25-36(43)38(44)47-26-29-12-5-3-6-13-29)40(46)41-37(39(45)48-27-30-14-7-4-8-15-30)33-22-20-32(21-23-33)35-19-11-17-31-16-9-10-18-34(31)35/h3-23,28,36-37,43H,24-27H2,1-2H3,(H,41,46)/t36?,37-/m0/s1. The monoisotopic (exact) mass is 644 g/mol. The number of carbonyl (C=O) groups is 3. The van der Waals surface area contributed by atoms with Gasteiger partial charge in [-0.1, -0.05) is 141 Å². The van der Waals surface area contributed by atoms with E-state index in [1.54, 1.807) is 12.1 Å². The Morgan fingerprint density at radius 3 is 1.85 bits per heavy atom. The number of carbonyl (C=O) groups excluding carboxylic acids is 3. The average Bonchev–Trinajstić information content (AvgIpc) is 3.12. The maximum Gasteiger partial charge on any atom is 0.337 e. The first kappa shape index (κ1) is 33.9. The topological polar surface area (TPSA) is 105 Å². The Balaban J connectivity index is 1.35. The molecule has 0 radical (unpaired) electrons. The van der Waals surface area contributed by atoms with Gasteiger partial charge in [0.25, 0.3) is 0 Å². The van der Waals surface area contributed by atoms with E-state index in [1.807, 2.05) is 111 Å². The van der Waals surface area contributed by atoms with E-state index in [0.29, 0.717) is 5.56 Å². The molecule has 48 heavy (non-hydrogen) atoms. The lowest BCUT2D eigenvalue weighted by atomic mass is 9.96. The molecule has 0 aliphatic heterocycles. The highest BCUT2D eigenvalue weighted by atomic mass is 16.5. The van der Waals surface area contributed by atoms with Gasteiger partial charge in [0.15, 0.2) is 12.1 Å². The Kier molecular flexibility index (Phi) is 11.6. The summed E-state index contributed by atoms with van der Waals surface area (Å²) in [4.78, 5) is 41.3. The second-order valence-electron chi connectivity index (χ2n) is 12.0. The summed E-state index contributed by atoms with van der Waals surface area (Å²) in [6, 6.07) is 38.3. The van der Waals surface area contributed by atoms with Gasteiger partial charge in [-0.15, -0.1) is 0 Å². The average molecular weight is 645 g/mol. The third-order valence-electron chi connectivity index (χ3n) is 7.83. The summed E-state index contributed by atoms with van der Waals surface area (Å²) < 4.78 is 11.0. The number of aliphatic hydroxyl groups is 1. The predicted octanol–water partition coefficient (Wildman–Crippen LogP) is 7.06.